The lowest BCUT2D eigenvalue weighted by molar-refractivity contribution is 0.418. The van der Waals surface area contributed by atoms with E-state index in [0.29, 0.717) is 11.9 Å². The minimum Gasteiger partial charge on any atom is -0.382 e. The number of nitrogens with zero attached hydrogens (tertiary/aromatic N) is 2. The number of anilines is 2. The van der Waals surface area contributed by atoms with Crippen molar-refractivity contribution >= 4 is 11.5 Å². The molecule has 2 rings (SSSR count). The number of aromatic amines is 1. The molecular formula is C11H20N4. The highest BCUT2D eigenvalue weighted by Crippen LogP contribution is 2.29. The fourth-order valence-corrected chi connectivity index (χ4v) is 2.54. The Bertz CT molecular complexity index is 301. The van der Waals surface area contributed by atoms with Gasteiger partial charge in [0.1, 0.15) is 5.82 Å². The first-order valence-corrected chi connectivity index (χ1v) is 5.88. The first-order chi connectivity index (χ1) is 7.33. The monoisotopic (exact) mass is 208 g/mol. The van der Waals surface area contributed by atoms with E-state index in [2.05, 4.69) is 22.0 Å². The van der Waals surface area contributed by atoms with Gasteiger partial charge in [-0.05, 0) is 19.8 Å². The molecule has 1 heterocycles. The second-order valence-corrected chi connectivity index (χ2v) is 4.25. The summed E-state index contributed by atoms with van der Waals surface area (Å²) in [5, 5.41) is 6.80. The molecular weight excluding hydrogens is 188 g/mol. The van der Waals surface area contributed by atoms with Gasteiger partial charge >= 0.3 is 0 Å². The van der Waals surface area contributed by atoms with Crippen molar-refractivity contribution in [3.63, 3.8) is 0 Å². The number of H-pyrrole nitrogens is 1. The Morgan fingerprint density at radius 3 is 2.73 bits per heavy atom. The lowest BCUT2D eigenvalue weighted by atomic mass is 9.94. The Labute approximate surface area is 90.8 Å². The Hall–Kier alpha value is -1.19. The molecule has 0 atom stereocenters. The third-order valence-electron chi connectivity index (χ3n) is 3.31. The topological polar surface area (TPSA) is 57.9 Å². The lowest BCUT2D eigenvalue weighted by Gasteiger charge is -2.34. The van der Waals surface area contributed by atoms with Crippen molar-refractivity contribution in [3.8, 4) is 0 Å². The predicted molar refractivity (Wildman–Crippen MR) is 62.9 cm³/mol. The normalized spacial score (nSPS) is 17.9. The van der Waals surface area contributed by atoms with Gasteiger partial charge in [-0.2, -0.15) is 5.10 Å². The summed E-state index contributed by atoms with van der Waals surface area (Å²) in [4.78, 5) is 2.39. The number of aromatic nitrogens is 2. The largest absolute Gasteiger partial charge is 0.382 e. The van der Waals surface area contributed by atoms with Crippen LogP contribution >= 0.6 is 0 Å². The van der Waals surface area contributed by atoms with E-state index >= 15 is 0 Å². The van der Waals surface area contributed by atoms with Crippen molar-refractivity contribution in [2.75, 3.05) is 17.2 Å². The van der Waals surface area contributed by atoms with Crippen LogP contribution in [0.2, 0.25) is 0 Å². The summed E-state index contributed by atoms with van der Waals surface area (Å²) in [5.41, 5.74) is 6.94. The van der Waals surface area contributed by atoms with Gasteiger partial charge in [0, 0.05) is 12.6 Å². The van der Waals surface area contributed by atoms with E-state index in [4.69, 9.17) is 5.73 Å². The highest BCUT2D eigenvalue weighted by Gasteiger charge is 2.22. The van der Waals surface area contributed by atoms with E-state index in [-0.39, 0.29) is 0 Å². The summed E-state index contributed by atoms with van der Waals surface area (Å²) in [5.74, 6) is 0.697. The minimum absolute atomic E-state index is 0.656. The van der Waals surface area contributed by atoms with Gasteiger partial charge in [-0.3, -0.25) is 5.10 Å². The molecule has 0 unspecified atom stereocenters. The Morgan fingerprint density at radius 1 is 1.47 bits per heavy atom. The highest BCUT2D eigenvalue weighted by atomic mass is 15.2. The Morgan fingerprint density at radius 2 is 2.20 bits per heavy atom. The molecule has 4 heteroatoms. The number of rotatable bonds is 3. The second-order valence-electron chi connectivity index (χ2n) is 4.25. The van der Waals surface area contributed by atoms with Gasteiger partial charge < -0.3 is 10.6 Å². The zero-order chi connectivity index (χ0) is 10.7. The summed E-state index contributed by atoms with van der Waals surface area (Å²) in [6.45, 7) is 3.19. The van der Waals surface area contributed by atoms with Crippen molar-refractivity contribution in [3.05, 3.63) is 6.20 Å². The molecule has 84 valence electrons. The molecule has 0 aliphatic heterocycles. The number of nitrogen functional groups attached to an aromatic ring is 1. The van der Waals surface area contributed by atoms with E-state index < -0.39 is 0 Å². The van der Waals surface area contributed by atoms with Gasteiger partial charge in [0.05, 0.1) is 11.9 Å². The van der Waals surface area contributed by atoms with Crippen LogP contribution in [-0.2, 0) is 0 Å². The molecule has 1 fully saturated rings. The van der Waals surface area contributed by atoms with Gasteiger partial charge in [-0.1, -0.05) is 19.3 Å². The fraction of sp³-hybridized carbons (Fsp3) is 0.727. The van der Waals surface area contributed by atoms with Crippen LogP contribution in [0.25, 0.3) is 0 Å². The second kappa shape index (κ2) is 4.55. The van der Waals surface area contributed by atoms with Crippen LogP contribution < -0.4 is 10.6 Å². The summed E-state index contributed by atoms with van der Waals surface area (Å²) >= 11 is 0. The van der Waals surface area contributed by atoms with Crippen molar-refractivity contribution in [2.45, 2.75) is 45.1 Å². The van der Waals surface area contributed by atoms with Crippen molar-refractivity contribution < 1.29 is 0 Å². The fourth-order valence-electron chi connectivity index (χ4n) is 2.54. The van der Waals surface area contributed by atoms with Crippen molar-refractivity contribution in [2.24, 2.45) is 0 Å². The van der Waals surface area contributed by atoms with E-state index in [1.165, 1.54) is 32.1 Å². The third-order valence-corrected chi connectivity index (χ3v) is 3.31. The molecule has 3 N–H and O–H groups in total. The molecule has 1 aromatic rings. The maximum absolute atomic E-state index is 5.86. The summed E-state index contributed by atoms with van der Waals surface area (Å²) in [6.07, 6.45) is 8.50. The standard InChI is InChI=1S/C11H20N4/c1-2-15(9-6-4-3-5-7-9)10-8-13-14-11(10)12/h8-9H,2-7H2,1H3,(H3,12,13,14). The molecule has 0 amide bonds. The summed E-state index contributed by atoms with van der Waals surface area (Å²) in [6, 6.07) is 0.656. The van der Waals surface area contributed by atoms with Gasteiger partial charge in [0.15, 0.2) is 0 Å². The van der Waals surface area contributed by atoms with Crippen molar-refractivity contribution in [1.29, 1.82) is 0 Å². The predicted octanol–water partition coefficient (Wildman–Crippen LogP) is 2.15. The van der Waals surface area contributed by atoms with Crippen LogP contribution in [0.4, 0.5) is 11.5 Å². The summed E-state index contributed by atoms with van der Waals surface area (Å²) < 4.78 is 0. The number of nitrogens with one attached hydrogen (secondary N) is 1. The van der Waals surface area contributed by atoms with Crippen LogP contribution in [0, 0.1) is 0 Å². The van der Waals surface area contributed by atoms with Gasteiger partial charge in [-0.25, -0.2) is 0 Å². The molecule has 0 spiro atoms. The molecule has 0 saturated heterocycles. The van der Waals surface area contributed by atoms with E-state index in [9.17, 15) is 0 Å². The molecule has 1 aliphatic carbocycles. The van der Waals surface area contributed by atoms with Crippen LogP contribution in [0.15, 0.2) is 6.20 Å². The average molecular weight is 208 g/mol. The zero-order valence-electron chi connectivity index (χ0n) is 9.37. The third kappa shape index (κ3) is 2.08. The van der Waals surface area contributed by atoms with Crippen molar-refractivity contribution in [1.82, 2.24) is 10.2 Å². The van der Waals surface area contributed by atoms with E-state index in [0.717, 1.165) is 12.2 Å². The first-order valence-electron chi connectivity index (χ1n) is 5.88. The minimum atomic E-state index is 0.656. The smallest absolute Gasteiger partial charge is 0.142 e. The van der Waals surface area contributed by atoms with Crippen LogP contribution in [-0.4, -0.2) is 22.8 Å². The zero-order valence-corrected chi connectivity index (χ0v) is 9.37. The van der Waals surface area contributed by atoms with E-state index in [1.807, 2.05) is 6.20 Å². The maximum Gasteiger partial charge on any atom is 0.142 e. The Balaban J connectivity index is 2.12. The molecule has 1 saturated carbocycles. The number of nitrogens with two attached hydrogens (primary N) is 1. The molecule has 1 aliphatic rings. The molecule has 0 bridgehead atoms. The van der Waals surface area contributed by atoms with E-state index in [1.54, 1.807) is 0 Å². The Kier molecular flexibility index (Phi) is 3.14. The molecule has 0 radical (unpaired) electrons. The highest BCUT2D eigenvalue weighted by molar-refractivity contribution is 5.62. The SMILES string of the molecule is CCN(c1cn[nH]c1N)C1CCCCC1. The van der Waals surface area contributed by atoms with Crippen LogP contribution in [0.1, 0.15) is 39.0 Å². The summed E-state index contributed by atoms with van der Waals surface area (Å²) in [7, 11) is 0. The molecule has 0 aromatic carbocycles. The molecule has 15 heavy (non-hydrogen) atoms. The number of hydrogen-bond acceptors (Lipinski definition) is 3. The van der Waals surface area contributed by atoms with Crippen LogP contribution in [0.5, 0.6) is 0 Å². The van der Waals surface area contributed by atoms with Gasteiger partial charge in [0.2, 0.25) is 0 Å². The number of hydrogen-bond donors (Lipinski definition) is 2. The first kappa shape index (κ1) is 10.3. The lowest BCUT2D eigenvalue weighted by Crippen LogP contribution is -2.36. The van der Waals surface area contributed by atoms with Crippen LogP contribution in [0.3, 0.4) is 0 Å². The van der Waals surface area contributed by atoms with Gasteiger partial charge in [-0.15, -0.1) is 0 Å². The maximum atomic E-state index is 5.86. The molecule has 4 nitrogen and oxygen atoms in total. The quantitative estimate of drug-likeness (QED) is 0.800. The average Bonchev–Trinajstić information content (AvgIpc) is 2.68. The van der Waals surface area contributed by atoms with Gasteiger partial charge in [0.25, 0.3) is 0 Å². The molecule has 1 aromatic heterocycles.